The summed E-state index contributed by atoms with van der Waals surface area (Å²) in [4.78, 5) is 29.2. The fraction of sp³-hybridized carbons (Fsp3) is 0.192. The van der Waals surface area contributed by atoms with Gasteiger partial charge in [0.25, 0.3) is 5.56 Å². The second-order valence-corrected chi connectivity index (χ2v) is 7.90. The van der Waals surface area contributed by atoms with Crippen LogP contribution in [0.2, 0.25) is 0 Å². The molecule has 0 radical (unpaired) electrons. The molecule has 9 heteroatoms. The first-order chi connectivity index (χ1) is 16.9. The number of nitrogens with zero attached hydrogens (tertiary/aromatic N) is 4. The Morgan fingerprint density at radius 1 is 1.11 bits per heavy atom. The zero-order valence-corrected chi connectivity index (χ0v) is 19.5. The van der Waals surface area contributed by atoms with Crippen LogP contribution in [0.5, 0.6) is 11.5 Å². The van der Waals surface area contributed by atoms with Gasteiger partial charge >= 0.3 is 5.69 Å². The number of hydrogen-bond acceptors (Lipinski definition) is 7. The minimum Gasteiger partial charge on any atom is -0.490 e. The maximum absolute atomic E-state index is 13.3. The Balaban J connectivity index is 1.89. The Kier molecular flexibility index (Phi) is 6.86. The number of fused-ring (bicyclic) bond motifs is 1. The van der Waals surface area contributed by atoms with Crippen LogP contribution in [-0.4, -0.2) is 33.5 Å². The molecule has 0 aliphatic carbocycles. The molecule has 178 valence electrons. The van der Waals surface area contributed by atoms with Crippen molar-refractivity contribution < 1.29 is 14.4 Å². The van der Waals surface area contributed by atoms with E-state index >= 15 is 0 Å². The molecule has 1 heterocycles. The molecule has 0 bridgehead atoms. The lowest BCUT2D eigenvalue weighted by atomic mass is 10.1. The Morgan fingerprint density at radius 2 is 1.83 bits per heavy atom. The molecule has 0 spiro atoms. The summed E-state index contributed by atoms with van der Waals surface area (Å²) in [5.41, 5.74) is 1.01. The molecule has 3 aromatic carbocycles. The standard InChI is InChI=1S/C26H24N4O5/c1-4-34-23-15-18(14-22(30(32)33)24(23)35-17(2)3)16-27-29-25(19-10-6-5-7-11-19)28-21-13-9-8-12-20(21)26(29)31/h5-17H,4H2,1-3H3. The largest absolute Gasteiger partial charge is 0.490 e. The summed E-state index contributed by atoms with van der Waals surface area (Å²) in [6, 6.07) is 19.2. The minimum absolute atomic E-state index is 0.0542. The Morgan fingerprint density at radius 3 is 2.51 bits per heavy atom. The van der Waals surface area contributed by atoms with Crippen LogP contribution in [0.1, 0.15) is 26.3 Å². The number of benzene rings is 3. The average Bonchev–Trinajstić information content (AvgIpc) is 2.85. The molecule has 0 atom stereocenters. The van der Waals surface area contributed by atoms with Crippen LogP contribution in [-0.2, 0) is 0 Å². The van der Waals surface area contributed by atoms with Gasteiger partial charge in [-0.1, -0.05) is 42.5 Å². The predicted molar refractivity (Wildman–Crippen MR) is 134 cm³/mol. The van der Waals surface area contributed by atoms with Crippen molar-refractivity contribution in [2.75, 3.05) is 6.61 Å². The number of para-hydroxylation sites is 1. The highest BCUT2D eigenvalue weighted by Crippen LogP contribution is 2.39. The summed E-state index contributed by atoms with van der Waals surface area (Å²) in [5.74, 6) is 0.632. The van der Waals surface area contributed by atoms with Crippen LogP contribution in [0.25, 0.3) is 22.3 Å². The third-order valence-corrected chi connectivity index (χ3v) is 5.02. The summed E-state index contributed by atoms with van der Waals surface area (Å²) in [7, 11) is 0. The first-order valence-corrected chi connectivity index (χ1v) is 11.1. The van der Waals surface area contributed by atoms with Crippen LogP contribution in [0.3, 0.4) is 0 Å². The molecule has 4 aromatic rings. The third kappa shape index (κ3) is 5.03. The molecule has 35 heavy (non-hydrogen) atoms. The summed E-state index contributed by atoms with van der Waals surface area (Å²) in [5, 5.41) is 16.6. The summed E-state index contributed by atoms with van der Waals surface area (Å²) < 4.78 is 12.5. The SMILES string of the molecule is CCOc1cc(C=Nn2c(-c3ccccc3)nc3ccccc3c2=O)cc([N+](=O)[O-])c1OC(C)C. The lowest BCUT2D eigenvalue weighted by Crippen LogP contribution is -2.20. The van der Waals surface area contributed by atoms with Crippen molar-refractivity contribution in [2.24, 2.45) is 5.10 Å². The van der Waals surface area contributed by atoms with E-state index in [1.165, 1.54) is 17.0 Å². The van der Waals surface area contributed by atoms with E-state index < -0.39 is 4.92 Å². The smallest absolute Gasteiger partial charge is 0.315 e. The number of nitro benzene ring substituents is 1. The molecular formula is C26H24N4O5. The number of ether oxygens (including phenoxy) is 2. The first-order valence-electron chi connectivity index (χ1n) is 11.1. The van der Waals surface area contributed by atoms with E-state index in [0.717, 1.165) is 0 Å². The molecule has 0 unspecified atom stereocenters. The molecule has 0 fully saturated rings. The molecule has 4 rings (SSSR count). The van der Waals surface area contributed by atoms with Crippen molar-refractivity contribution >= 4 is 22.8 Å². The number of nitro groups is 1. The van der Waals surface area contributed by atoms with E-state index in [2.05, 4.69) is 10.1 Å². The van der Waals surface area contributed by atoms with Gasteiger partial charge in [-0.2, -0.15) is 9.78 Å². The molecule has 9 nitrogen and oxygen atoms in total. The molecule has 1 aromatic heterocycles. The van der Waals surface area contributed by atoms with Gasteiger partial charge in [0.15, 0.2) is 11.6 Å². The van der Waals surface area contributed by atoms with Gasteiger partial charge in [-0.15, -0.1) is 0 Å². The van der Waals surface area contributed by atoms with Gasteiger partial charge in [0.1, 0.15) is 0 Å². The Labute approximate surface area is 201 Å². The lowest BCUT2D eigenvalue weighted by Gasteiger charge is -2.15. The van der Waals surface area contributed by atoms with Gasteiger partial charge in [-0.25, -0.2) is 4.98 Å². The van der Waals surface area contributed by atoms with Gasteiger partial charge < -0.3 is 9.47 Å². The van der Waals surface area contributed by atoms with Crippen molar-refractivity contribution in [2.45, 2.75) is 26.9 Å². The molecule has 0 N–H and O–H groups in total. The molecular weight excluding hydrogens is 448 g/mol. The fourth-order valence-electron chi connectivity index (χ4n) is 3.56. The highest BCUT2D eigenvalue weighted by Gasteiger charge is 2.23. The molecule has 0 aliphatic rings. The number of hydrogen-bond donors (Lipinski definition) is 0. The van der Waals surface area contributed by atoms with Gasteiger partial charge in [-0.05, 0) is 39.0 Å². The van der Waals surface area contributed by atoms with E-state index in [1.54, 1.807) is 45.0 Å². The zero-order valence-electron chi connectivity index (χ0n) is 19.5. The zero-order chi connectivity index (χ0) is 24.9. The Bertz CT molecular complexity index is 1460. The van der Waals surface area contributed by atoms with E-state index in [1.807, 2.05) is 36.4 Å². The summed E-state index contributed by atoms with van der Waals surface area (Å²) in [6.45, 7) is 5.62. The molecule has 0 amide bonds. The fourth-order valence-corrected chi connectivity index (χ4v) is 3.56. The van der Waals surface area contributed by atoms with Gasteiger partial charge in [-0.3, -0.25) is 14.9 Å². The normalized spacial score (nSPS) is 11.3. The quantitative estimate of drug-likeness (QED) is 0.202. The average molecular weight is 473 g/mol. The predicted octanol–water partition coefficient (Wildman–Crippen LogP) is 5.04. The summed E-state index contributed by atoms with van der Waals surface area (Å²) >= 11 is 0. The second kappa shape index (κ2) is 10.2. The highest BCUT2D eigenvalue weighted by atomic mass is 16.6. The van der Waals surface area contributed by atoms with Crippen molar-refractivity contribution in [1.82, 2.24) is 9.66 Å². The van der Waals surface area contributed by atoms with E-state index in [-0.39, 0.29) is 28.8 Å². The first kappa shape index (κ1) is 23.6. The van der Waals surface area contributed by atoms with Gasteiger partial charge in [0.2, 0.25) is 5.75 Å². The van der Waals surface area contributed by atoms with E-state index in [9.17, 15) is 14.9 Å². The van der Waals surface area contributed by atoms with Gasteiger partial charge in [0.05, 0.1) is 34.8 Å². The van der Waals surface area contributed by atoms with Crippen LogP contribution in [0.4, 0.5) is 5.69 Å². The molecule has 0 saturated carbocycles. The Hall–Kier alpha value is -4.53. The van der Waals surface area contributed by atoms with Crippen LogP contribution < -0.4 is 15.0 Å². The molecule has 0 aliphatic heterocycles. The highest BCUT2D eigenvalue weighted by molar-refractivity contribution is 5.84. The van der Waals surface area contributed by atoms with Gasteiger partial charge in [0, 0.05) is 17.2 Å². The molecule has 0 saturated heterocycles. The maximum atomic E-state index is 13.3. The van der Waals surface area contributed by atoms with Crippen LogP contribution in [0.15, 0.2) is 76.6 Å². The van der Waals surface area contributed by atoms with Crippen molar-refractivity contribution in [3.63, 3.8) is 0 Å². The topological polar surface area (TPSA) is 109 Å². The van der Waals surface area contributed by atoms with Crippen molar-refractivity contribution in [3.05, 3.63) is 92.8 Å². The summed E-state index contributed by atoms with van der Waals surface area (Å²) in [6.07, 6.45) is 1.09. The second-order valence-electron chi connectivity index (χ2n) is 7.90. The van der Waals surface area contributed by atoms with E-state index in [0.29, 0.717) is 34.5 Å². The van der Waals surface area contributed by atoms with E-state index in [4.69, 9.17) is 9.47 Å². The number of aromatic nitrogens is 2. The number of rotatable bonds is 8. The lowest BCUT2D eigenvalue weighted by molar-refractivity contribution is -0.386. The van der Waals surface area contributed by atoms with Crippen molar-refractivity contribution in [1.29, 1.82) is 0 Å². The van der Waals surface area contributed by atoms with Crippen LogP contribution in [0, 0.1) is 10.1 Å². The monoisotopic (exact) mass is 472 g/mol. The minimum atomic E-state index is -0.531. The van der Waals surface area contributed by atoms with Crippen LogP contribution >= 0.6 is 0 Å². The van der Waals surface area contributed by atoms with Crippen molar-refractivity contribution in [3.8, 4) is 22.9 Å². The maximum Gasteiger partial charge on any atom is 0.315 e. The third-order valence-electron chi connectivity index (χ3n) is 5.02.